The molecule has 0 amide bonds. The van der Waals surface area contributed by atoms with Crippen molar-refractivity contribution >= 4 is 0 Å². The fraction of sp³-hybridized carbons (Fsp3) is 0.467. The molecule has 2 rings (SSSR count). The molecule has 1 atom stereocenters. The predicted molar refractivity (Wildman–Crippen MR) is 79.1 cm³/mol. The van der Waals surface area contributed by atoms with Crippen LogP contribution in [-0.4, -0.2) is 32.7 Å². The van der Waals surface area contributed by atoms with E-state index in [2.05, 4.69) is 22.4 Å². The van der Waals surface area contributed by atoms with Crippen LogP contribution in [0.15, 0.2) is 30.3 Å². The molecule has 0 saturated heterocycles. The first-order valence-electron chi connectivity index (χ1n) is 7.12. The molecule has 0 aliphatic carbocycles. The summed E-state index contributed by atoms with van der Waals surface area (Å²) in [6, 6.07) is 10.2. The summed E-state index contributed by atoms with van der Waals surface area (Å²) >= 11 is 0. The van der Waals surface area contributed by atoms with Crippen molar-refractivity contribution in [2.24, 2.45) is 0 Å². The zero-order chi connectivity index (χ0) is 14.4. The summed E-state index contributed by atoms with van der Waals surface area (Å²) in [6.07, 6.45) is 0.888. The molecule has 5 heteroatoms. The number of aliphatic hydroxyl groups excluding tert-OH is 1. The van der Waals surface area contributed by atoms with Gasteiger partial charge in [0.05, 0.1) is 13.2 Å². The van der Waals surface area contributed by atoms with Gasteiger partial charge in [-0.25, -0.2) is 0 Å². The molecule has 20 heavy (non-hydrogen) atoms. The van der Waals surface area contributed by atoms with Crippen molar-refractivity contribution in [3.05, 3.63) is 36.0 Å². The van der Waals surface area contributed by atoms with Crippen molar-refractivity contribution in [1.29, 1.82) is 0 Å². The van der Waals surface area contributed by atoms with Gasteiger partial charge in [0.1, 0.15) is 11.4 Å². The molecule has 1 aromatic heterocycles. The summed E-state index contributed by atoms with van der Waals surface area (Å²) in [5, 5.41) is 21.6. The summed E-state index contributed by atoms with van der Waals surface area (Å²) in [5.74, 6) is 0. The first-order valence-corrected chi connectivity index (χ1v) is 7.12. The third kappa shape index (κ3) is 3.43. The zero-order valence-corrected chi connectivity index (χ0v) is 12.1. The fourth-order valence-corrected chi connectivity index (χ4v) is 2.04. The summed E-state index contributed by atoms with van der Waals surface area (Å²) in [4.78, 5) is 1.71. The van der Waals surface area contributed by atoms with Crippen LogP contribution in [0.25, 0.3) is 11.3 Å². The van der Waals surface area contributed by atoms with Crippen LogP contribution in [0.4, 0.5) is 0 Å². The highest BCUT2D eigenvalue weighted by Gasteiger charge is 2.13. The van der Waals surface area contributed by atoms with E-state index in [-0.39, 0.29) is 12.6 Å². The average molecular weight is 274 g/mol. The summed E-state index contributed by atoms with van der Waals surface area (Å²) in [7, 11) is 0. The van der Waals surface area contributed by atoms with E-state index in [0.717, 1.165) is 29.9 Å². The maximum Gasteiger partial charge on any atom is 0.117 e. The van der Waals surface area contributed by atoms with Crippen LogP contribution >= 0.6 is 0 Å². The monoisotopic (exact) mass is 274 g/mol. The van der Waals surface area contributed by atoms with Gasteiger partial charge in [-0.05, 0) is 13.3 Å². The van der Waals surface area contributed by atoms with Gasteiger partial charge < -0.3 is 10.4 Å². The molecular formula is C15H22N4O. The molecule has 0 fully saturated rings. The van der Waals surface area contributed by atoms with E-state index in [1.165, 1.54) is 0 Å². The van der Waals surface area contributed by atoms with Gasteiger partial charge in [0.2, 0.25) is 0 Å². The summed E-state index contributed by atoms with van der Waals surface area (Å²) in [5.41, 5.74) is 2.90. The van der Waals surface area contributed by atoms with Crippen molar-refractivity contribution in [1.82, 2.24) is 20.3 Å². The third-order valence-electron chi connectivity index (χ3n) is 3.33. The Bertz CT molecular complexity index is 520. The highest BCUT2D eigenvalue weighted by molar-refractivity contribution is 5.60. The molecule has 1 heterocycles. The van der Waals surface area contributed by atoms with Crippen LogP contribution in [0.1, 0.15) is 26.0 Å². The Balaban J connectivity index is 2.21. The second-order valence-electron chi connectivity index (χ2n) is 4.72. The molecule has 0 unspecified atom stereocenters. The van der Waals surface area contributed by atoms with Crippen LogP contribution in [0.2, 0.25) is 0 Å². The van der Waals surface area contributed by atoms with Crippen molar-refractivity contribution in [2.45, 2.75) is 39.4 Å². The highest BCUT2D eigenvalue weighted by Crippen LogP contribution is 2.19. The Hall–Kier alpha value is -1.72. The summed E-state index contributed by atoms with van der Waals surface area (Å²) < 4.78 is 0. The number of nitrogens with one attached hydrogen (secondary N) is 1. The number of aromatic nitrogens is 3. The topological polar surface area (TPSA) is 63.0 Å². The lowest BCUT2D eigenvalue weighted by atomic mass is 10.1. The Morgan fingerprint density at radius 3 is 2.55 bits per heavy atom. The Labute approximate surface area is 119 Å². The average Bonchev–Trinajstić information content (AvgIpc) is 2.92. The fourth-order valence-electron chi connectivity index (χ4n) is 2.04. The molecule has 1 aromatic carbocycles. The minimum Gasteiger partial charge on any atom is -0.395 e. The van der Waals surface area contributed by atoms with Crippen LogP contribution in [-0.2, 0) is 13.1 Å². The van der Waals surface area contributed by atoms with E-state index in [4.69, 9.17) is 0 Å². The van der Waals surface area contributed by atoms with Gasteiger partial charge in [-0.2, -0.15) is 15.0 Å². The van der Waals surface area contributed by atoms with Gasteiger partial charge in [-0.3, -0.25) is 0 Å². The van der Waals surface area contributed by atoms with Gasteiger partial charge >= 0.3 is 0 Å². The van der Waals surface area contributed by atoms with Gasteiger partial charge in [0, 0.05) is 18.2 Å². The van der Waals surface area contributed by atoms with Crippen LogP contribution < -0.4 is 5.32 Å². The van der Waals surface area contributed by atoms with Crippen LogP contribution in [0.5, 0.6) is 0 Å². The number of nitrogens with zero attached hydrogens (tertiary/aromatic N) is 3. The quantitative estimate of drug-likeness (QED) is 0.808. The standard InChI is InChI=1S/C15H22N4O/c1-3-13(11-20)16-10-14-15(18-19(4-2)17-14)12-8-6-5-7-9-12/h5-9,13,16,20H,3-4,10-11H2,1-2H3/t13-/m1/s1. The lowest BCUT2D eigenvalue weighted by Crippen LogP contribution is -2.31. The molecule has 5 nitrogen and oxygen atoms in total. The largest absolute Gasteiger partial charge is 0.395 e. The van der Waals surface area contributed by atoms with E-state index in [1.54, 1.807) is 4.80 Å². The lowest BCUT2D eigenvalue weighted by Gasteiger charge is -2.12. The third-order valence-corrected chi connectivity index (χ3v) is 3.33. The van der Waals surface area contributed by atoms with Gasteiger partial charge in [-0.1, -0.05) is 37.3 Å². The minimum absolute atomic E-state index is 0.102. The first kappa shape index (κ1) is 14.7. The molecule has 0 saturated carbocycles. The SMILES string of the molecule is CC[C@H](CO)NCc1nn(CC)nc1-c1ccccc1. The van der Waals surface area contributed by atoms with E-state index in [1.807, 2.05) is 37.3 Å². The van der Waals surface area contributed by atoms with E-state index in [0.29, 0.717) is 6.54 Å². The summed E-state index contributed by atoms with van der Waals surface area (Å²) in [6.45, 7) is 5.57. The van der Waals surface area contributed by atoms with E-state index in [9.17, 15) is 5.11 Å². The van der Waals surface area contributed by atoms with Crippen LogP contribution in [0, 0.1) is 0 Å². The van der Waals surface area contributed by atoms with Gasteiger partial charge in [0.25, 0.3) is 0 Å². The van der Waals surface area contributed by atoms with Gasteiger partial charge in [0.15, 0.2) is 0 Å². The van der Waals surface area contributed by atoms with E-state index < -0.39 is 0 Å². The molecular weight excluding hydrogens is 252 g/mol. The van der Waals surface area contributed by atoms with Crippen molar-refractivity contribution in [3.63, 3.8) is 0 Å². The smallest absolute Gasteiger partial charge is 0.117 e. The predicted octanol–water partition coefficient (Wildman–Crippen LogP) is 1.83. The Morgan fingerprint density at radius 1 is 1.20 bits per heavy atom. The Kier molecular flexibility index (Phi) is 5.26. The normalized spacial score (nSPS) is 12.6. The van der Waals surface area contributed by atoms with Crippen LogP contribution in [0.3, 0.4) is 0 Å². The van der Waals surface area contributed by atoms with Gasteiger partial charge in [-0.15, -0.1) is 0 Å². The molecule has 2 aromatic rings. The second-order valence-corrected chi connectivity index (χ2v) is 4.72. The second kappa shape index (κ2) is 7.17. The molecule has 108 valence electrons. The molecule has 0 radical (unpaired) electrons. The highest BCUT2D eigenvalue weighted by atomic mass is 16.3. The first-order chi connectivity index (χ1) is 9.78. The van der Waals surface area contributed by atoms with Crippen molar-refractivity contribution in [2.75, 3.05) is 6.61 Å². The Morgan fingerprint density at radius 2 is 1.95 bits per heavy atom. The van der Waals surface area contributed by atoms with Crippen molar-refractivity contribution in [3.8, 4) is 11.3 Å². The molecule has 0 aliphatic heterocycles. The van der Waals surface area contributed by atoms with E-state index >= 15 is 0 Å². The molecule has 2 N–H and O–H groups in total. The minimum atomic E-state index is 0.102. The number of hydrogen-bond donors (Lipinski definition) is 2. The number of aliphatic hydroxyl groups is 1. The number of hydrogen-bond acceptors (Lipinski definition) is 4. The number of benzene rings is 1. The zero-order valence-electron chi connectivity index (χ0n) is 12.1. The van der Waals surface area contributed by atoms with Crippen molar-refractivity contribution < 1.29 is 5.11 Å². The number of rotatable bonds is 7. The maximum atomic E-state index is 9.24. The molecule has 0 aliphatic rings. The maximum absolute atomic E-state index is 9.24. The lowest BCUT2D eigenvalue weighted by molar-refractivity contribution is 0.238. The number of aryl methyl sites for hydroxylation is 1. The molecule has 0 spiro atoms. The molecule has 0 bridgehead atoms.